The fourth-order valence-electron chi connectivity index (χ4n) is 5.20. The third-order valence-electron chi connectivity index (χ3n) is 6.54. The molecule has 2 saturated carbocycles. The lowest BCUT2D eigenvalue weighted by atomic mass is 9.62. The Morgan fingerprint density at radius 1 is 1.30 bits per heavy atom. The van der Waals surface area contributed by atoms with Crippen LogP contribution in [0.1, 0.15) is 60.1 Å². The van der Waals surface area contributed by atoms with E-state index >= 15 is 0 Å². The Balaban J connectivity index is 1.55. The Hall–Kier alpha value is -0.0800. The van der Waals surface area contributed by atoms with Crippen LogP contribution in [0.4, 0.5) is 0 Å². The summed E-state index contributed by atoms with van der Waals surface area (Å²) in [7, 11) is 0. The summed E-state index contributed by atoms with van der Waals surface area (Å²) in [4.78, 5) is 2.57. The predicted molar refractivity (Wildman–Crippen MR) is 83.8 cm³/mol. The number of fused-ring (bicyclic) bond motifs is 1. The maximum atomic E-state index is 8.40. The highest BCUT2D eigenvalue weighted by molar-refractivity contribution is 4.98. The van der Waals surface area contributed by atoms with Gasteiger partial charge in [0.2, 0.25) is 0 Å². The van der Waals surface area contributed by atoms with Gasteiger partial charge < -0.3 is 4.74 Å². The second-order valence-electron chi connectivity index (χ2n) is 7.64. The molecule has 0 amide bonds. The number of nitrogens with zero attached hydrogens (tertiary/aromatic N) is 1. The van der Waals surface area contributed by atoms with Gasteiger partial charge in [-0.1, -0.05) is 26.7 Å². The predicted octanol–water partition coefficient (Wildman–Crippen LogP) is 3.95. The van der Waals surface area contributed by atoms with Crippen molar-refractivity contribution >= 4 is 0 Å². The monoisotopic (exact) mass is 280 g/mol. The highest BCUT2D eigenvalue weighted by Crippen LogP contribution is 2.58. The number of hydrogen-bond acceptors (Lipinski definition) is 2. The molecule has 20 heavy (non-hydrogen) atoms. The van der Waals surface area contributed by atoms with Gasteiger partial charge >= 0.3 is 0 Å². The van der Waals surface area contributed by atoms with E-state index in [-0.39, 0.29) is 6.40 Å². The largest absolute Gasteiger partial charge is 0.379 e. The third kappa shape index (κ3) is 2.92. The van der Waals surface area contributed by atoms with E-state index < -0.39 is 0 Å². The number of rotatable bonds is 4. The van der Waals surface area contributed by atoms with Gasteiger partial charge in [-0.05, 0) is 61.8 Å². The summed E-state index contributed by atoms with van der Waals surface area (Å²) in [5, 5.41) is 0. The van der Waals surface area contributed by atoms with Crippen LogP contribution in [0.2, 0.25) is 0 Å². The Morgan fingerprint density at radius 2 is 2.10 bits per heavy atom. The summed E-state index contributed by atoms with van der Waals surface area (Å²) in [6.45, 7) is 10.3. The fraction of sp³-hybridized carbons (Fsp3) is 1.00. The van der Waals surface area contributed by atoms with Crippen molar-refractivity contribution in [3.05, 3.63) is 0 Å². The molecule has 0 aromatic rings. The Labute approximate surface area is 126 Å². The molecular weight excluding hydrogens is 246 g/mol. The van der Waals surface area contributed by atoms with Crippen LogP contribution >= 0.6 is 0 Å². The maximum Gasteiger partial charge on any atom is 0.0594 e. The second-order valence-corrected chi connectivity index (χ2v) is 7.64. The topological polar surface area (TPSA) is 12.5 Å². The van der Waals surface area contributed by atoms with Crippen LogP contribution in [-0.2, 0) is 4.74 Å². The van der Waals surface area contributed by atoms with Crippen LogP contribution < -0.4 is 0 Å². The van der Waals surface area contributed by atoms with Gasteiger partial charge in [-0.15, -0.1) is 0 Å². The van der Waals surface area contributed by atoms with Crippen LogP contribution in [0.3, 0.4) is 0 Å². The Morgan fingerprint density at radius 3 is 2.90 bits per heavy atom. The van der Waals surface area contributed by atoms with Crippen molar-refractivity contribution < 1.29 is 6.11 Å². The maximum absolute atomic E-state index is 8.40. The normalized spacial score (nSPS) is 44.9. The van der Waals surface area contributed by atoms with Gasteiger partial charge in [0.05, 0.1) is 13.2 Å². The van der Waals surface area contributed by atoms with Crippen molar-refractivity contribution in [3.8, 4) is 0 Å². The van der Waals surface area contributed by atoms with Gasteiger partial charge in [0, 0.05) is 14.5 Å². The molecule has 1 aliphatic heterocycles. The minimum atomic E-state index is 0.222. The lowest BCUT2D eigenvalue weighted by molar-refractivity contribution is 0.0274. The number of ether oxygens (including phenoxy) is 1. The van der Waals surface area contributed by atoms with Crippen LogP contribution in [-0.4, -0.2) is 37.7 Å². The van der Waals surface area contributed by atoms with Gasteiger partial charge in [0.25, 0.3) is 0 Å². The molecule has 2 aliphatic carbocycles. The number of morpholine rings is 1. The lowest BCUT2D eigenvalue weighted by Crippen LogP contribution is -2.39. The zero-order chi connectivity index (χ0) is 14.9. The summed E-state index contributed by atoms with van der Waals surface area (Å²) < 4.78 is 13.8. The molecule has 1 saturated heterocycles. The third-order valence-corrected chi connectivity index (χ3v) is 6.54. The summed E-state index contributed by atoms with van der Waals surface area (Å²) >= 11 is 0. The van der Waals surface area contributed by atoms with E-state index in [4.69, 9.17) is 6.11 Å². The van der Waals surface area contributed by atoms with Crippen molar-refractivity contribution in [1.82, 2.24) is 4.90 Å². The van der Waals surface area contributed by atoms with Gasteiger partial charge in [-0.25, -0.2) is 0 Å². The molecule has 5 atom stereocenters. The smallest absolute Gasteiger partial charge is 0.0594 e. The van der Waals surface area contributed by atoms with E-state index in [0.29, 0.717) is 11.3 Å². The highest BCUT2D eigenvalue weighted by Gasteiger charge is 2.48. The first-order valence-electron chi connectivity index (χ1n) is 9.41. The summed E-state index contributed by atoms with van der Waals surface area (Å²) in [5.41, 5.74) is 0.467. The Kier molecular flexibility index (Phi) is 4.31. The van der Waals surface area contributed by atoms with E-state index in [2.05, 4.69) is 18.7 Å². The first-order chi connectivity index (χ1) is 10.1. The van der Waals surface area contributed by atoms with E-state index in [1.807, 2.05) is 0 Å². The van der Waals surface area contributed by atoms with Gasteiger partial charge in [-0.3, -0.25) is 4.90 Å². The summed E-state index contributed by atoms with van der Waals surface area (Å²) in [6, 6.07) is 0. The Bertz CT molecular complexity index is 344. The lowest BCUT2D eigenvalue weighted by Gasteiger charge is -2.43. The second kappa shape index (κ2) is 6.36. The minimum absolute atomic E-state index is 0.222. The first-order valence-corrected chi connectivity index (χ1v) is 8.83. The van der Waals surface area contributed by atoms with E-state index in [9.17, 15) is 0 Å². The molecule has 3 aliphatic rings. The molecule has 3 rings (SSSR count). The molecule has 1 heterocycles. The van der Waals surface area contributed by atoms with Crippen molar-refractivity contribution in [2.75, 3.05) is 32.8 Å². The van der Waals surface area contributed by atoms with Crippen LogP contribution in [0.15, 0.2) is 0 Å². The molecule has 116 valence electrons. The zero-order valence-electron chi connectivity index (χ0n) is 14.4. The zero-order valence-corrected chi connectivity index (χ0v) is 13.4. The van der Waals surface area contributed by atoms with Gasteiger partial charge in [0.1, 0.15) is 0 Å². The first kappa shape index (κ1) is 13.6. The van der Waals surface area contributed by atoms with Crippen molar-refractivity contribution in [2.24, 2.45) is 23.2 Å². The van der Waals surface area contributed by atoms with Gasteiger partial charge in [-0.2, -0.15) is 0 Å². The standard InChI is InChI=1S/C18H33NO/c1-15(8-10-19-11-13-20-14-12-19)17-7-6-16-5-3-4-9-18(16,17)2/h15-17H,3-14H2,1-2H3/t15-,16+,17-,18-/m1/s1/i5D/t5?,15-,16+,17-,18-. The average Bonchev–Trinajstić information content (AvgIpc) is 2.84. The molecule has 0 spiro atoms. The molecule has 2 nitrogen and oxygen atoms in total. The number of hydrogen-bond donors (Lipinski definition) is 0. The van der Waals surface area contributed by atoms with Gasteiger partial charge in [0.15, 0.2) is 0 Å². The van der Waals surface area contributed by atoms with Crippen LogP contribution in [0.25, 0.3) is 0 Å². The highest BCUT2D eigenvalue weighted by atomic mass is 16.5. The summed E-state index contributed by atoms with van der Waals surface area (Å²) in [6.07, 6.45) is 8.05. The van der Waals surface area contributed by atoms with Crippen LogP contribution in [0.5, 0.6) is 0 Å². The van der Waals surface area contributed by atoms with Crippen molar-refractivity contribution in [1.29, 1.82) is 0 Å². The van der Waals surface area contributed by atoms with Crippen molar-refractivity contribution in [2.45, 2.75) is 58.8 Å². The molecule has 0 N–H and O–H groups in total. The minimum Gasteiger partial charge on any atom is -0.379 e. The molecule has 0 aromatic heterocycles. The molecule has 3 fully saturated rings. The fourth-order valence-corrected chi connectivity index (χ4v) is 5.20. The van der Waals surface area contributed by atoms with Crippen LogP contribution in [0, 0.1) is 23.2 Å². The molecule has 0 aromatic carbocycles. The van der Waals surface area contributed by atoms with E-state index in [0.717, 1.165) is 44.6 Å². The molecular formula is C18H33NO. The van der Waals surface area contributed by atoms with Crippen molar-refractivity contribution in [3.63, 3.8) is 0 Å². The quantitative estimate of drug-likeness (QED) is 0.773. The van der Waals surface area contributed by atoms with E-state index in [1.165, 1.54) is 38.6 Å². The molecule has 1 unspecified atom stereocenters. The molecule has 0 radical (unpaired) electrons. The molecule has 0 bridgehead atoms. The summed E-state index contributed by atoms with van der Waals surface area (Å²) in [5.74, 6) is 2.35. The van der Waals surface area contributed by atoms with E-state index in [1.54, 1.807) is 0 Å². The molecule has 2 heteroatoms. The SMILES string of the molecule is [2H]C1CCC[C@]2(C)[C@@H]1CC[C@@H]2[C@H](C)CCN1CCOCC1. The average molecular weight is 280 g/mol.